The Balaban J connectivity index is 1.51. The zero-order valence-electron chi connectivity index (χ0n) is 24.1. The maximum Gasteiger partial charge on any atom is 0.416 e. The van der Waals surface area contributed by atoms with Crippen LogP contribution in [0.15, 0.2) is 84.2 Å². The molecule has 5 rings (SSSR count). The van der Waals surface area contributed by atoms with E-state index in [1.807, 2.05) is 18.5 Å². The lowest BCUT2D eigenvalue weighted by molar-refractivity contribution is -0.137. The van der Waals surface area contributed by atoms with Crippen LogP contribution < -0.4 is 5.56 Å². The molecule has 0 radical (unpaired) electrons. The molecule has 0 spiro atoms. The van der Waals surface area contributed by atoms with E-state index in [0.717, 1.165) is 17.8 Å². The molecule has 0 bridgehead atoms. The molecule has 2 aromatic carbocycles. The molecule has 2 atom stereocenters. The highest BCUT2D eigenvalue weighted by molar-refractivity contribution is 5.81. The second kappa shape index (κ2) is 12.6. The number of alkyl halides is 3. The van der Waals surface area contributed by atoms with Crippen LogP contribution in [0, 0.1) is 17.2 Å². The fourth-order valence-corrected chi connectivity index (χ4v) is 5.38. The van der Waals surface area contributed by atoms with Crippen LogP contribution in [-0.4, -0.2) is 29.9 Å². The normalized spacial score (nSPS) is 13.0. The number of carbonyl (C=O) groups is 1. The maximum atomic E-state index is 13.8. The third-order valence-electron chi connectivity index (χ3n) is 7.90. The van der Waals surface area contributed by atoms with Crippen LogP contribution in [0.25, 0.3) is 16.7 Å². The number of benzene rings is 2. The number of hydrogen-bond acceptors (Lipinski definition) is 6. The van der Waals surface area contributed by atoms with Crippen molar-refractivity contribution in [3.05, 3.63) is 118 Å². The molecule has 0 aliphatic heterocycles. The number of hydrogen-bond donors (Lipinski definition) is 0. The molecule has 224 valence electrons. The van der Waals surface area contributed by atoms with Crippen molar-refractivity contribution in [1.29, 1.82) is 5.26 Å². The van der Waals surface area contributed by atoms with Gasteiger partial charge in [-0.3, -0.25) is 14.2 Å². The van der Waals surface area contributed by atoms with Gasteiger partial charge in [0.2, 0.25) is 0 Å². The zero-order valence-corrected chi connectivity index (χ0v) is 24.1. The standard InChI is InChI=1S/C33H29F3N6O2/c1-21(31-40-30-29(4-3-15-39-30)32(44)42(31)26-12-7-23(18-37)8-13-26)24(9-14-27-19-38-20-41(27)2)17-28(43)16-22-5-10-25(11-6-22)33(34,35)36/h3-8,10-13,15,19-21,24H,9,14,16-17H2,1-2H3/t21-,24?/m0/s1. The van der Waals surface area contributed by atoms with E-state index in [2.05, 4.69) is 16.0 Å². The molecule has 0 amide bonds. The number of Topliss-reactive ketones (excluding diaryl/α,β-unsaturated/α-hetero) is 1. The van der Waals surface area contributed by atoms with Crippen LogP contribution in [0.5, 0.6) is 0 Å². The van der Waals surface area contributed by atoms with Crippen LogP contribution in [-0.2, 0) is 30.9 Å². The SMILES string of the molecule is C[C@H](c1nc2ncccc2c(=O)n1-c1ccc(C#N)cc1)C(CCc1cncn1C)CC(=O)Cc1ccc(C(F)(F)F)cc1. The van der Waals surface area contributed by atoms with Gasteiger partial charge in [-0.1, -0.05) is 19.1 Å². The van der Waals surface area contributed by atoms with Gasteiger partial charge in [0.1, 0.15) is 11.6 Å². The van der Waals surface area contributed by atoms with Gasteiger partial charge in [-0.05, 0) is 72.9 Å². The predicted molar refractivity (Wildman–Crippen MR) is 158 cm³/mol. The van der Waals surface area contributed by atoms with Crippen LogP contribution in [0.4, 0.5) is 13.2 Å². The van der Waals surface area contributed by atoms with Gasteiger partial charge in [0, 0.05) is 43.9 Å². The van der Waals surface area contributed by atoms with Crippen molar-refractivity contribution >= 4 is 16.8 Å². The summed E-state index contributed by atoms with van der Waals surface area (Å²) in [5.74, 6) is -0.417. The van der Waals surface area contributed by atoms with Gasteiger partial charge >= 0.3 is 6.18 Å². The maximum absolute atomic E-state index is 13.8. The van der Waals surface area contributed by atoms with Gasteiger partial charge in [0.05, 0.1) is 34.6 Å². The molecule has 11 heteroatoms. The second-order valence-electron chi connectivity index (χ2n) is 10.8. The van der Waals surface area contributed by atoms with Crippen molar-refractivity contribution in [3.63, 3.8) is 0 Å². The summed E-state index contributed by atoms with van der Waals surface area (Å²) in [4.78, 5) is 40.6. The van der Waals surface area contributed by atoms with Crippen LogP contribution in [0.2, 0.25) is 0 Å². The number of carbonyl (C=O) groups excluding carboxylic acids is 1. The van der Waals surface area contributed by atoms with Crippen LogP contribution in [0.1, 0.15) is 53.9 Å². The highest BCUT2D eigenvalue weighted by atomic mass is 19.4. The van der Waals surface area contributed by atoms with Crippen molar-refractivity contribution in [2.75, 3.05) is 0 Å². The number of imidazole rings is 1. The third-order valence-corrected chi connectivity index (χ3v) is 7.90. The van der Waals surface area contributed by atoms with Gasteiger partial charge in [-0.25, -0.2) is 15.0 Å². The summed E-state index contributed by atoms with van der Waals surface area (Å²) in [6.07, 6.45) is 1.81. The summed E-state index contributed by atoms with van der Waals surface area (Å²) in [5, 5.41) is 9.61. The van der Waals surface area contributed by atoms with E-state index >= 15 is 0 Å². The van der Waals surface area contributed by atoms with E-state index in [1.165, 1.54) is 16.7 Å². The summed E-state index contributed by atoms with van der Waals surface area (Å²) >= 11 is 0. The predicted octanol–water partition coefficient (Wildman–Crippen LogP) is 5.96. The first-order valence-electron chi connectivity index (χ1n) is 14.1. The van der Waals surface area contributed by atoms with Crippen LogP contribution >= 0.6 is 0 Å². The number of fused-ring (bicyclic) bond motifs is 1. The Morgan fingerprint density at radius 2 is 1.80 bits per heavy atom. The molecule has 0 saturated heterocycles. The molecule has 3 heterocycles. The van der Waals surface area contributed by atoms with Crippen molar-refractivity contribution in [2.45, 2.75) is 44.7 Å². The van der Waals surface area contributed by atoms with Crippen molar-refractivity contribution < 1.29 is 18.0 Å². The van der Waals surface area contributed by atoms with Crippen molar-refractivity contribution in [3.8, 4) is 11.8 Å². The molecule has 5 aromatic rings. The fourth-order valence-electron chi connectivity index (χ4n) is 5.38. The Morgan fingerprint density at radius 3 is 2.43 bits per heavy atom. The van der Waals surface area contributed by atoms with Gasteiger partial charge in [0.15, 0.2) is 5.65 Å². The topological polar surface area (TPSA) is 106 Å². The summed E-state index contributed by atoms with van der Waals surface area (Å²) in [7, 11) is 1.88. The molecule has 8 nitrogen and oxygen atoms in total. The Bertz CT molecular complexity index is 1890. The molecule has 0 aliphatic carbocycles. The molecular weight excluding hydrogens is 569 g/mol. The van der Waals surface area contributed by atoms with E-state index in [1.54, 1.807) is 55.1 Å². The van der Waals surface area contributed by atoms with Gasteiger partial charge in [-0.15, -0.1) is 0 Å². The quantitative estimate of drug-likeness (QED) is 0.196. The first-order chi connectivity index (χ1) is 21.0. The molecule has 44 heavy (non-hydrogen) atoms. The van der Waals surface area contributed by atoms with E-state index in [4.69, 9.17) is 4.98 Å². The average molecular weight is 599 g/mol. The number of aryl methyl sites for hydroxylation is 2. The molecule has 0 aliphatic rings. The Hall–Kier alpha value is -5.11. The lowest BCUT2D eigenvalue weighted by atomic mass is 9.83. The molecule has 0 saturated carbocycles. The summed E-state index contributed by atoms with van der Waals surface area (Å²) in [6, 6.07) is 16.6. The summed E-state index contributed by atoms with van der Waals surface area (Å²) < 4.78 is 42.5. The number of nitriles is 1. The molecule has 0 fully saturated rings. The highest BCUT2D eigenvalue weighted by Crippen LogP contribution is 2.33. The third kappa shape index (κ3) is 6.59. The van der Waals surface area contributed by atoms with Crippen molar-refractivity contribution in [2.24, 2.45) is 13.0 Å². The number of ketones is 1. The lowest BCUT2D eigenvalue weighted by Crippen LogP contribution is -2.29. The average Bonchev–Trinajstić information content (AvgIpc) is 3.43. The molecule has 1 unspecified atom stereocenters. The van der Waals surface area contributed by atoms with Crippen LogP contribution in [0.3, 0.4) is 0 Å². The number of nitrogens with zero attached hydrogens (tertiary/aromatic N) is 6. The minimum absolute atomic E-state index is 0.0256. The van der Waals surface area contributed by atoms with E-state index in [0.29, 0.717) is 40.9 Å². The molecule has 3 aromatic heterocycles. The molecular formula is C33H29F3N6O2. The lowest BCUT2D eigenvalue weighted by Gasteiger charge is -2.26. The minimum atomic E-state index is -4.46. The smallest absolute Gasteiger partial charge is 0.338 e. The number of halogens is 3. The monoisotopic (exact) mass is 598 g/mol. The molecule has 0 N–H and O–H groups in total. The summed E-state index contributed by atoms with van der Waals surface area (Å²) in [6.45, 7) is 1.91. The first-order valence-corrected chi connectivity index (χ1v) is 14.1. The number of rotatable bonds is 10. The highest BCUT2D eigenvalue weighted by Gasteiger charge is 2.31. The first kappa shape index (κ1) is 30.4. The van der Waals surface area contributed by atoms with Crippen molar-refractivity contribution in [1.82, 2.24) is 24.1 Å². The number of pyridine rings is 1. The van der Waals surface area contributed by atoms with Gasteiger partial charge in [-0.2, -0.15) is 18.4 Å². The fraction of sp³-hybridized carbons (Fsp3) is 0.273. The van der Waals surface area contributed by atoms with E-state index < -0.39 is 17.7 Å². The van der Waals surface area contributed by atoms with E-state index in [9.17, 15) is 28.0 Å². The Kier molecular flexibility index (Phi) is 8.71. The number of aromatic nitrogens is 5. The van der Waals surface area contributed by atoms with Gasteiger partial charge in [0.25, 0.3) is 5.56 Å². The second-order valence-corrected chi connectivity index (χ2v) is 10.8. The van der Waals surface area contributed by atoms with Gasteiger partial charge < -0.3 is 4.57 Å². The van der Waals surface area contributed by atoms with E-state index in [-0.39, 0.29) is 35.7 Å². The zero-order chi connectivity index (χ0) is 31.4. The summed E-state index contributed by atoms with van der Waals surface area (Å²) in [5.41, 5.74) is 1.61. The largest absolute Gasteiger partial charge is 0.416 e. The minimum Gasteiger partial charge on any atom is -0.338 e. The Morgan fingerprint density at radius 1 is 1.07 bits per heavy atom. The Labute approximate surface area is 251 Å².